The Morgan fingerprint density at radius 2 is 2.00 bits per heavy atom. The van der Waals surface area contributed by atoms with Gasteiger partial charge in [-0.05, 0) is 30.7 Å². The predicted octanol–water partition coefficient (Wildman–Crippen LogP) is 3.04. The zero-order chi connectivity index (χ0) is 19.3. The van der Waals surface area contributed by atoms with Crippen LogP contribution in [0.4, 0.5) is 5.82 Å². The maximum atomic E-state index is 12.5. The molecule has 0 spiro atoms. The fraction of sp³-hybridized carbons (Fsp3) is 0.158. The number of amides is 1. The van der Waals surface area contributed by atoms with E-state index in [2.05, 4.69) is 30.6 Å². The van der Waals surface area contributed by atoms with Crippen molar-refractivity contribution >= 4 is 34.4 Å². The number of nitrogens with one attached hydrogen (secondary N) is 1. The maximum Gasteiger partial charge on any atom is 0.226 e. The summed E-state index contributed by atoms with van der Waals surface area (Å²) in [6, 6.07) is 9.18. The second kappa shape index (κ2) is 6.35. The van der Waals surface area contributed by atoms with Gasteiger partial charge in [0.25, 0.3) is 0 Å². The minimum absolute atomic E-state index is 0.0959. The normalized spacial score (nSPS) is 16.1. The Hall–Kier alpha value is -3.39. The Morgan fingerprint density at radius 1 is 1.14 bits per heavy atom. The molecule has 1 aliphatic rings. The Morgan fingerprint density at radius 3 is 2.82 bits per heavy atom. The maximum absolute atomic E-state index is 12.5. The minimum Gasteiger partial charge on any atom is -0.310 e. The van der Waals surface area contributed by atoms with Gasteiger partial charge in [-0.15, -0.1) is 10.2 Å². The Labute approximate surface area is 164 Å². The lowest BCUT2D eigenvalue weighted by atomic mass is 9.85. The van der Waals surface area contributed by atoms with E-state index in [0.717, 1.165) is 27.9 Å². The van der Waals surface area contributed by atoms with Gasteiger partial charge in [0.05, 0.1) is 16.7 Å². The second-order valence-electron chi connectivity index (χ2n) is 6.55. The highest BCUT2D eigenvalue weighted by Gasteiger charge is 2.34. The number of fused-ring (bicyclic) bond motifs is 2. The van der Waals surface area contributed by atoms with Crippen LogP contribution in [0.25, 0.3) is 16.9 Å². The van der Waals surface area contributed by atoms with Crippen molar-refractivity contribution in [3.8, 4) is 5.82 Å². The van der Waals surface area contributed by atoms with Crippen LogP contribution in [0.3, 0.4) is 0 Å². The molecule has 8 nitrogen and oxygen atoms in total. The van der Waals surface area contributed by atoms with E-state index in [1.165, 1.54) is 0 Å². The number of hydrogen-bond donors (Lipinski definition) is 1. The highest BCUT2D eigenvalue weighted by molar-refractivity contribution is 6.29. The van der Waals surface area contributed by atoms with Gasteiger partial charge in [0.1, 0.15) is 5.82 Å². The number of para-hydroxylation sites is 1. The zero-order valence-electron chi connectivity index (χ0n) is 14.8. The first kappa shape index (κ1) is 16.8. The number of nitrogens with zero attached hydrogens (tertiary/aromatic N) is 6. The number of halogens is 1. The van der Waals surface area contributed by atoms with Gasteiger partial charge in [-0.3, -0.25) is 14.8 Å². The Bertz CT molecular complexity index is 1210. The monoisotopic (exact) mass is 391 g/mol. The van der Waals surface area contributed by atoms with Gasteiger partial charge in [0, 0.05) is 30.3 Å². The summed E-state index contributed by atoms with van der Waals surface area (Å²) in [6.07, 6.45) is 3.63. The predicted molar refractivity (Wildman–Crippen MR) is 104 cm³/mol. The fourth-order valence-electron chi connectivity index (χ4n) is 3.70. The number of aromatic nitrogens is 6. The van der Waals surface area contributed by atoms with Crippen molar-refractivity contribution in [3.05, 3.63) is 64.7 Å². The van der Waals surface area contributed by atoms with Gasteiger partial charge in [-0.25, -0.2) is 0 Å². The van der Waals surface area contributed by atoms with Crippen LogP contribution < -0.4 is 5.32 Å². The van der Waals surface area contributed by atoms with E-state index < -0.39 is 0 Å². The van der Waals surface area contributed by atoms with Gasteiger partial charge < -0.3 is 5.32 Å². The van der Waals surface area contributed by atoms with Crippen molar-refractivity contribution in [3.63, 3.8) is 0 Å². The van der Waals surface area contributed by atoms with E-state index in [-0.39, 0.29) is 17.0 Å². The van der Waals surface area contributed by atoms with Crippen molar-refractivity contribution in [1.29, 1.82) is 0 Å². The quantitative estimate of drug-likeness (QED) is 0.564. The van der Waals surface area contributed by atoms with Crippen molar-refractivity contribution in [2.75, 3.05) is 5.32 Å². The third-order valence-electron chi connectivity index (χ3n) is 4.84. The molecule has 0 unspecified atom stereocenters. The number of aryl methyl sites for hydroxylation is 1. The van der Waals surface area contributed by atoms with Gasteiger partial charge in [0.2, 0.25) is 5.91 Å². The molecular formula is C19H14ClN7O. The lowest BCUT2D eigenvalue weighted by molar-refractivity contribution is -0.116. The standard InChI is InChI=1S/C19H14ClN7O/c1-10-17-12(11-3-2-4-13-18(11)22-8-7-21-13)9-16(28)23-19(17)27(26-10)15-6-5-14(20)24-25-15/h2-8,12H,9H2,1H3,(H,23,28)/t12-/m0/s1. The minimum atomic E-state index is -0.182. The molecule has 1 atom stereocenters. The van der Waals surface area contributed by atoms with Crippen molar-refractivity contribution < 1.29 is 4.79 Å². The zero-order valence-corrected chi connectivity index (χ0v) is 15.6. The molecule has 1 aliphatic heterocycles. The van der Waals surface area contributed by atoms with Crippen molar-refractivity contribution in [2.45, 2.75) is 19.3 Å². The smallest absolute Gasteiger partial charge is 0.226 e. The fourth-order valence-corrected chi connectivity index (χ4v) is 3.80. The molecule has 1 aromatic carbocycles. The van der Waals surface area contributed by atoms with E-state index >= 15 is 0 Å². The van der Waals surface area contributed by atoms with Crippen LogP contribution in [0.1, 0.15) is 29.2 Å². The van der Waals surface area contributed by atoms with E-state index in [4.69, 9.17) is 11.6 Å². The molecule has 0 fully saturated rings. The van der Waals surface area contributed by atoms with E-state index in [1.54, 1.807) is 29.2 Å². The van der Waals surface area contributed by atoms with Gasteiger partial charge in [-0.1, -0.05) is 23.7 Å². The Kier molecular flexibility index (Phi) is 3.80. The van der Waals surface area contributed by atoms with Crippen LogP contribution in [0.5, 0.6) is 0 Å². The third-order valence-corrected chi connectivity index (χ3v) is 5.04. The molecule has 4 heterocycles. The summed E-state index contributed by atoms with van der Waals surface area (Å²) in [5.74, 6) is 0.795. The van der Waals surface area contributed by atoms with Crippen LogP contribution >= 0.6 is 11.6 Å². The largest absolute Gasteiger partial charge is 0.310 e. The van der Waals surface area contributed by atoms with Gasteiger partial charge >= 0.3 is 0 Å². The van der Waals surface area contributed by atoms with Gasteiger partial charge in [-0.2, -0.15) is 9.78 Å². The van der Waals surface area contributed by atoms with Crippen LogP contribution in [0.15, 0.2) is 42.7 Å². The summed E-state index contributed by atoms with van der Waals surface area (Å²) in [5.41, 5.74) is 4.27. The van der Waals surface area contributed by atoms with Crippen LogP contribution in [-0.4, -0.2) is 35.9 Å². The summed E-state index contributed by atoms with van der Waals surface area (Å²) in [7, 11) is 0. The number of anilines is 1. The molecular weight excluding hydrogens is 378 g/mol. The molecule has 4 aromatic rings. The molecule has 1 amide bonds. The first-order valence-electron chi connectivity index (χ1n) is 8.70. The first-order chi connectivity index (χ1) is 13.6. The average Bonchev–Trinajstić information content (AvgIpc) is 3.04. The first-order valence-corrected chi connectivity index (χ1v) is 9.08. The van der Waals surface area contributed by atoms with Gasteiger partial charge in [0.15, 0.2) is 11.0 Å². The topological polar surface area (TPSA) is 98.5 Å². The van der Waals surface area contributed by atoms with E-state index in [0.29, 0.717) is 18.1 Å². The third kappa shape index (κ3) is 2.61. The number of hydrogen-bond acceptors (Lipinski definition) is 6. The molecule has 28 heavy (non-hydrogen) atoms. The summed E-state index contributed by atoms with van der Waals surface area (Å²) in [4.78, 5) is 21.4. The molecule has 0 saturated heterocycles. The highest BCUT2D eigenvalue weighted by atomic mass is 35.5. The van der Waals surface area contributed by atoms with Crippen LogP contribution in [-0.2, 0) is 4.79 Å². The summed E-state index contributed by atoms with van der Waals surface area (Å²) >= 11 is 5.84. The van der Waals surface area contributed by atoms with Crippen molar-refractivity contribution in [1.82, 2.24) is 29.9 Å². The lowest BCUT2D eigenvalue weighted by Crippen LogP contribution is -2.25. The molecule has 0 bridgehead atoms. The van der Waals surface area contributed by atoms with Crippen LogP contribution in [0.2, 0.25) is 5.15 Å². The van der Waals surface area contributed by atoms with E-state index in [9.17, 15) is 4.79 Å². The average molecular weight is 392 g/mol. The van der Waals surface area contributed by atoms with Crippen LogP contribution in [0, 0.1) is 6.92 Å². The SMILES string of the molecule is Cc1nn(-c2ccc(Cl)nn2)c2c1[C@H](c1cccc3nccnc13)CC(=O)N2. The Balaban J connectivity index is 1.72. The molecule has 0 saturated carbocycles. The molecule has 9 heteroatoms. The van der Waals surface area contributed by atoms with E-state index in [1.807, 2.05) is 25.1 Å². The molecule has 0 radical (unpaired) electrons. The summed E-state index contributed by atoms with van der Waals surface area (Å²) in [6.45, 7) is 1.92. The molecule has 3 aromatic heterocycles. The lowest BCUT2D eigenvalue weighted by Gasteiger charge is -2.24. The summed E-state index contributed by atoms with van der Waals surface area (Å²) in [5, 5.41) is 15.8. The molecule has 1 N–H and O–H groups in total. The molecule has 0 aliphatic carbocycles. The molecule has 138 valence electrons. The second-order valence-corrected chi connectivity index (χ2v) is 6.94. The number of carbonyl (C=O) groups excluding carboxylic acids is 1. The molecule has 5 rings (SSSR count). The highest BCUT2D eigenvalue weighted by Crippen LogP contribution is 2.41. The number of carbonyl (C=O) groups is 1. The number of rotatable bonds is 2. The van der Waals surface area contributed by atoms with Crippen molar-refractivity contribution in [2.24, 2.45) is 0 Å². The number of benzene rings is 1. The summed E-state index contributed by atoms with van der Waals surface area (Å²) < 4.78 is 1.59.